The first-order chi connectivity index (χ1) is 7.24. The molecule has 0 saturated carbocycles. The highest BCUT2D eigenvalue weighted by atomic mass is 35.5. The molecule has 0 bridgehead atoms. The van der Waals surface area contributed by atoms with Crippen molar-refractivity contribution in [3.05, 3.63) is 29.3 Å². The zero-order chi connectivity index (χ0) is 11.3. The summed E-state index contributed by atoms with van der Waals surface area (Å²) in [5.41, 5.74) is 6.75. The zero-order valence-electron chi connectivity index (χ0n) is 9.36. The lowest BCUT2D eigenvalue weighted by Crippen LogP contribution is -2.09. The average molecular weight is 246 g/mol. The number of halogens is 1. The van der Waals surface area contributed by atoms with E-state index in [9.17, 15) is 4.79 Å². The van der Waals surface area contributed by atoms with Gasteiger partial charge in [0.2, 0.25) is 0 Å². The molecule has 0 atom stereocenters. The fourth-order valence-corrected chi connectivity index (χ4v) is 1.36. The van der Waals surface area contributed by atoms with Crippen molar-refractivity contribution in [3.63, 3.8) is 0 Å². The fraction of sp³-hybridized carbons (Fsp3) is 0.364. The van der Waals surface area contributed by atoms with Crippen LogP contribution in [0.15, 0.2) is 18.2 Å². The van der Waals surface area contributed by atoms with Crippen LogP contribution in [0.2, 0.25) is 0 Å². The van der Waals surface area contributed by atoms with Gasteiger partial charge in [-0.2, -0.15) is 0 Å². The van der Waals surface area contributed by atoms with Crippen LogP contribution in [-0.4, -0.2) is 19.7 Å². The lowest BCUT2D eigenvalue weighted by Gasteiger charge is -2.11. The van der Waals surface area contributed by atoms with Gasteiger partial charge in [-0.05, 0) is 13.0 Å². The van der Waals surface area contributed by atoms with E-state index in [-0.39, 0.29) is 18.4 Å². The summed E-state index contributed by atoms with van der Waals surface area (Å²) in [4.78, 5) is 11.5. The SMILES string of the molecule is CCOC(=O)c1cccc(CN)c1OC.Cl. The standard InChI is InChI=1S/C11H15NO3.ClH/c1-3-15-11(13)9-6-4-5-8(7-12)10(9)14-2;/h4-6H,3,7,12H2,1-2H3;1H. The van der Waals surface area contributed by atoms with Crippen molar-refractivity contribution < 1.29 is 14.3 Å². The third-order valence-corrected chi connectivity index (χ3v) is 2.02. The maximum atomic E-state index is 11.5. The van der Waals surface area contributed by atoms with Gasteiger partial charge in [-0.3, -0.25) is 0 Å². The summed E-state index contributed by atoms with van der Waals surface area (Å²) < 4.78 is 10.1. The Labute approximate surface area is 101 Å². The molecule has 0 amide bonds. The Bertz CT molecular complexity index is 355. The van der Waals surface area contributed by atoms with E-state index < -0.39 is 0 Å². The molecular weight excluding hydrogens is 230 g/mol. The average Bonchev–Trinajstić information content (AvgIpc) is 2.28. The monoisotopic (exact) mass is 245 g/mol. The van der Waals surface area contributed by atoms with Crippen LogP contribution >= 0.6 is 12.4 Å². The predicted molar refractivity (Wildman–Crippen MR) is 64.1 cm³/mol. The number of ether oxygens (including phenoxy) is 2. The van der Waals surface area contributed by atoms with Crippen LogP contribution in [0.1, 0.15) is 22.8 Å². The first-order valence-electron chi connectivity index (χ1n) is 4.77. The molecule has 0 fully saturated rings. The van der Waals surface area contributed by atoms with Crippen molar-refractivity contribution in [1.29, 1.82) is 0 Å². The van der Waals surface area contributed by atoms with Gasteiger partial charge in [0, 0.05) is 12.1 Å². The quantitative estimate of drug-likeness (QED) is 0.821. The third-order valence-electron chi connectivity index (χ3n) is 2.02. The van der Waals surface area contributed by atoms with E-state index in [1.807, 2.05) is 6.07 Å². The second kappa shape index (κ2) is 7.09. The van der Waals surface area contributed by atoms with Gasteiger partial charge >= 0.3 is 5.97 Å². The van der Waals surface area contributed by atoms with E-state index in [0.717, 1.165) is 5.56 Å². The van der Waals surface area contributed by atoms with Crippen LogP contribution in [0.4, 0.5) is 0 Å². The van der Waals surface area contributed by atoms with E-state index >= 15 is 0 Å². The van der Waals surface area contributed by atoms with Gasteiger partial charge in [0.15, 0.2) is 0 Å². The third kappa shape index (κ3) is 3.12. The van der Waals surface area contributed by atoms with Gasteiger partial charge in [-0.15, -0.1) is 12.4 Å². The minimum absolute atomic E-state index is 0. The number of hydrogen-bond acceptors (Lipinski definition) is 4. The normalized spacial score (nSPS) is 9.19. The Kier molecular flexibility index (Phi) is 6.53. The molecule has 4 nitrogen and oxygen atoms in total. The zero-order valence-corrected chi connectivity index (χ0v) is 10.2. The van der Waals surface area contributed by atoms with Crippen molar-refractivity contribution >= 4 is 18.4 Å². The molecule has 1 aromatic rings. The van der Waals surface area contributed by atoms with Crippen molar-refractivity contribution in [2.75, 3.05) is 13.7 Å². The molecular formula is C11H16ClNO3. The Balaban J connectivity index is 0.00000225. The molecule has 2 N–H and O–H groups in total. The van der Waals surface area contributed by atoms with Crippen molar-refractivity contribution in [1.82, 2.24) is 0 Å². The maximum Gasteiger partial charge on any atom is 0.341 e. The predicted octanol–water partition coefficient (Wildman–Crippen LogP) is 1.75. The van der Waals surface area contributed by atoms with Crippen LogP contribution < -0.4 is 10.5 Å². The topological polar surface area (TPSA) is 61.5 Å². The minimum atomic E-state index is -0.385. The second-order valence-electron chi connectivity index (χ2n) is 2.92. The van der Waals surface area contributed by atoms with Gasteiger partial charge in [-0.1, -0.05) is 12.1 Å². The highest BCUT2D eigenvalue weighted by molar-refractivity contribution is 5.93. The minimum Gasteiger partial charge on any atom is -0.496 e. The van der Waals surface area contributed by atoms with Crippen LogP contribution in [0, 0.1) is 0 Å². The van der Waals surface area contributed by atoms with E-state index in [1.54, 1.807) is 19.1 Å². The number of esters is 1. The summed E-state index contributed by atoms with van der Waals surface area (Å²) in [5, 5.41) is 0. The molecule has 1 aromatic carbocycles. The number of nitrogens with two attached hydrogens (primary N) is 1. The maximum absolute atomic E-state index is 11.5. The van der Waals surface area contributed by atoms with Gasteiger partial charge in [0.25, 0.3) is 0 Å². The van der Waals surface area contributed by atoms with Crippen molar-refractivity contribution in [2.24, 2.45) is 5.73 Å². The van der Waals surface area contributed by atoms with Gasteiger partial charge < -0.3 is 15.2 Å². The summed E-state index contributed by atoms with van der Waals surface area (Å²) >= 11 is 0. The molecule has 16 heavy (non-hydrogen) atoms. The molecule has 0 heterocycles. The molecule has 0 aromatic heterocycles. The number of hydrogen-bond donors (Lipinski definition) is 1. The lowest BCUT2D eigenvalue weighted by atomic mass is 10.1. The molecule has 0 aliphatic rings. The number of carbonyl (C=O) groups is 1. The molecule has 90 valence electrons. The van der Waals surface area contributed by atoms with Gasteiger partial charge in [-0.25, -0.2) is 4.79 Å². The highest BCUT2D eigenvalue weighted by Crippen LogP contribution is 2.24. The Morgan fingerprint density at radius 1 is 1.44 bits per heavy atom. The fourth-order valence-electron chi connectivity index (χ4n) is 1.36. The Morgan fingerprint density at radius 2 is 2.12 bits per heavy atom. The first kappa shape index (κ1) is 14.7. The molecule has 0 radical (unpaired) electrons. The Morgan fingerprint density at radius 3 is 2.62 bits per heavy atom. The molecule has 0 aliphatic carbocycles. The lowest BCUT2D eigenvalue weighted by molar-refractivity contribution is 0.0522. The van der Waals surface area contributed by atoms with Gasteiger partial charge in [0.05, 0.1) is 13.7 Å². The first-order valence-corrected chi connectivity index (χ1v) is 4.77. The molecule has 1 rings (SSSR count). The van der Waals surface area contributed by atoms with Crippen LogP contribution in [0.3, 0.4) is 0 Å². The van der Waals surface area contributed by atoms with Crippen molar-refractivity contribution in [2.45, 2.75) is 13.5 Å². The number of methoxy groups -OCH3 is 1. The van der Waals surface area contributed by atoms with Gasteiger partial charge in [0.1, 0.15) is 11.3 Å². The van der Waals surface area contributed by atoms with E-state index in [0.29, 0.717) is 24.5 Å². The molecule has 0 spiro atoms. The molecule has 5 heteroatoms. The number of rotatable bonds is 4. The summed E-state index contributed by atoms with van der Waals surface area (Å²) in [6.07, 6.45) is 0. The number of carbonyl (C=O) groups excluding carboxylic acids is 1. The summed E-state index contributed by atoms with van der Waals surface area (Å²) in [6.45, 7) is 2.43. The number of para-hydroxylation sites is 1. The van der Waals surface area contributed by atoms with E-state index in [1.165, 1.54) is 7.11 Å². The van der Waals surface area contributed by atoms with Crippen molar-refractivity contribution in [3.8, 4) is 5.75 Å². The summed E-state index contributed by atoms with van der Waals surface area (Å²) in [6, 6.07) is 5.24. The van der Waals surface area contributed by atoms with Crippen LogP contribution in [0.5, 0.6) is 5.75 Å². The molecule has 0 aliphatic heterocycles. The Hall–Kier alpha value is -1.26. The smallest absolute Gasteiger partial charge is 0.341 e. The molecule has 0 unspecified atom stereocenters. The number of benzene rings is 1. The summed E-state index contributed by atoms with van der Waals surface area (Å²) in [7, 11) is 1.51. The van der Waals surface area contributed by atoms with E-state index in [4.69, 9.17) is 15.2 Å². The highest BCUT2D eigenvalue weighted by Gasteiger charge is 2.15. The summed E-state index contributed by atoms with van der Waals surface area (Å²) in [5.74, 6) is 0.114. The molecule has 0 saturated heterocycles. The second-order valence-corrected chi connectivity index (χ2v) is 2.92. The largest absolute Gasteiger partial charge is 0.496 e. The van der Waals surface area contributed by atoms with Crippen LogP contribution in [-0.2, 0) is 11.3 Å². The van der Waals surface area contributed by atoms with Crippen LogP contribution in [0.25, 0.3) is 0 Å². The van der Waals surface area contributed by atoms with E-state index in [2.05, 4.69) is 0 Å².